The predicted molar refractivity (Wildman–Crippen MR) is 76.0 cm³/mol. The Morgan fingerprint density at radius 3 is 2.95 bits per heavy atom. The molecule has 0 radical (unpaired) electrons. The van der Waals surface area contributed by atoms with E-state index in [4.69, 9.17) is 0 Å². The van der Waals surface area contributed by atoms with Crippen molar-refractivity contribution in [2.45, 2.75) is 40.0 Å². The summed E-state index contributed by atoms with van der Waals surface area (Å²) in [6.45, 7) is 8.33. The van der Waals surface area contributed by atoms with Gasteiger partial charge in [-0.2, -0.15) is 5.10 Å². The fourth-order valence-corrected chi connectivity index (χ4v) is 2.39. The minimum absolute atomic E-state index is 0.0662. The van der Waals surface area contributed by atoms with Crippen molar-refractivity contribution in [3.05, 3.63) is 11.8 Å². The van der Waals surface area contributed by atoms with Crippen LogP contribution in [0.15, 0.2) is 6.07 Å². The summed E-state index contributed by atoms with van der Waals surface area (Å²) in [6.07, 6.45) is 2.94. The van der Waals surface area contributed by atoms with E-state index in [0.717, 1.165) is 38.0 Å². The summed E-state index contributed by atoms with van der Waals surface area (Å²) in [5.41, 5.74) is 1.27. The van der Waals surface area contributed by atoms with Crippen LogP contribution in [-0.2, 0) is 11.2 Å². The van der Waals surface area contributed by atoms with E-state index in [-0.39, 0.29) is 17.2 Å². The van der Waals surface area contributed by atoms with Crippen LogP contribution in [0.1, 0.15) is 39.3 Å². The summed E-state index contributed by atoms with van der Waals surface area (Å²) in [4.78, 5) is 12.1. The molecule has 0 saturated carbocycles. The van der Waals surface area contributed by atoms with Gasteiger partial charge in [-0.15, -0.1) is 0 Å². The van der Waals surface area contributed by atoms with Crippen LogP contribution in [0.25, 0.3) is 0 Å². The zero-order valence-corrected chi connectivity index (χ0v) is 12.0. The van der Waals surface area contributed by atoms with Crippen molar-refractivity contribution in [2.24, 2.45) is 11.3 Å². The molecule has 0 aromatic carbocycles. The Morgan fingerprint density at radius 2 is 2.32 bits per heavy atom. The number of amides is 1. The van der Waals surface area contributed by atoms with Crippen LogP contribution >= 0.6 is 0 Å². The third-order valence-corrected chi connectivity index (χ3v) is 3.27. The standard InChI is InChI=1S/C14H24N4O/c1-14(2,3)8-11-7-12(18-17-11)16-13(19)10-5-4-6-15-9-10/h7,10,15H,4-6,8-9H2,1-3H3,(H2,16,17,18,19). The number of carbonyl (C=O) groups is 1. The van der Waals surface area contributed by atoms with Crippen LogP contribution in [0.4, 0.5) is 5.82 Å². The van der Waals surface area contributed by atoms with Gasteiger partial charge in [-0.3, -0.25) is 9.89 Å². The lowest BCUT2D eigenvalue weighted by Crippen LogP contribution is -2.37. The Labute approximate surface area is 114 Å². The molecule has 0 spiro atoms. The molecule has 2 heterocycles. The van der Waals surface area contributed by atoms with E-state index in [0.29, 0.717) is 5.82 Å². The van der Waals surface area contributed by atoms with E-state index in [1.165, 1.54) is 0 Å². The summed E-state index contributed by atoms with van der Waals surface area (Å²) in [6, 6.07) is 1.93. The van der Waals surface area contributed by atoms with E-state index in [2.05, 4.69) is 41.6 Å². The van der Waals surface area contributed by atoms with Crippen LogP contribution in [0.2, 0.25) is 0 Å². The number of carbonyl (C=O) groups excluding carboxylic acids is 1. The SMILES string of the molecule is CC(C)(C)Cc1cc(NC(=O)C2CCCNC2)n[nH]1. The number of nitrogens with zero attached hydrogens (tertiary/aromatic N) is 1. The molecule has 0 bridgehead atoms. The van der Waals surface area contributed by atoms with E-state index >= 15 is 0 Å². The molecular formula is C14H24N4O. The van der Waals surface area contributed by atoms with Crippen LogP contribution in [0.5, 0.6) is 0 Å². The highest BCUT2D eigenvalue weighted by Crippen LogP contribution is 2.21. The highest BCUT2D eigenvalue weighted by atomic mass is 16.2. The van der Waals surface area contributed by atoms with Gasteiger partial charge in [0.25, 0.3) is 0 Å². The number of hydrogen-bond acceptors (Lipinski definition) is 3. The smallest absolute Gasteiger partial charge is 0.229 e. The molecule has 1 aliphatic rings. The number of piperidine rings is 1. The molecule has 5 heteroatoms. The number of rotatable bonds is 3. The quantitative estimate of drug-likeness (QED) is 0.781. The zero-order valence-electron chi connectivity index (χ0n) is 12.0. The van der Waals surface area contributed by atoms with Gasteiger partial charge in [-0.05, 0) is 31.2 Å². The molecule has 1 saturated heterocycles. The first-order valence-electron chi connectivity index (χ1n) is 7.00. The van der Waals surface area contributed by atoms with Crippen LogP contribution in [0.3, 0.4) is 0 Å². The molecule has 106 valence electrons. The maximum absolute atomic E-state index is 12.1. The third kappa shape index (κ3) is 4.35. The van der Waals surface area contributed by atoms with Gasteiger partial charge in [-0.1, -0.05) is 20.8 Å². The maximum atomic E-state index is 12.1. The highest BCUT2D eigenvalue weighted by Gasteiger charge is 2.21. The predicted octanol–water partition coefficient (Wildman–Crippen LogP) is 1.94. The molecule has 2 rings (SSSR count). The van der Waals surface area contributed by atoms with Crippen molar-refractivity contribution >= 4 is 11.7 Å². The van der Waals surface area contributed by atoms with Gasteiger partial charge in [0.15, 0.2) is 5.82 Å². The van der Waals surface area contributed by atoms with Gasteiger partial charge >= 0.3 is 0 Å². The number of H-pyrrole nitrogens is 1. The molecule has 1 aromatic rings. The van der Waals surface area contributed by atoms with Gasteiger partial charge in [0.1, 0.15) is 0 Å². The Bertz CT molecular complexity index is 427. The third-order valence-electron chi connectivity index (χ3n) is 3.27. The summed E-state index contributed by atoms with van der Waals surface area (Å²) >= 11 is 0. The molecule has 0 aliphatic carbocycles. The summed E-state index contributed by atoms with van der Waals surface area (Å²) in [5, 5.41) is 13.3. The first-order valence-corrected chi connectivity index (χ1v) is 7.00. The molecule has 1 fully saturated rings. The summed E-state index contributed by atoms with van der Waals surface area (Å²) in [5.74, 6) is 0.771. The van der Waals surface area contributed by atoms with E-state index in [1.807, 2.05) is 6.07 Å². The Balaban J connectivity index is 1.90. The summed E-state index contributed by atoms with van der Waals surface area (Å²) < 4.78 is 0. The molecule has 19 heavy (non-hydrogen) atoms. The van der Waals surface area contributed by atoms with Crippen LogP contribution in [0, 0.1) is 11.3 Å². The van der Waals surface area contributed by atoms with Gasteiger partial charge < -0.3 is 10.6 Å². The number of aromatic amines is 1. The number of aromatic nitrogens is 2. The monoisotopic (exact) mass is 264 g/mol. The fourth-order valence-electron chi connectivity index (χ4n) is 2.39. The molecule has 1 atom stereocenters. The number of nitrogens with one attached hydrogen (secondary N) is 3. The Kier molecular flexibility index (Phi) is 4.24. The zero-order chi connectivity index (χ0) is 13.9. The van der Waals surface area contributed by atoms with Gasteiger partial charge in [0.05, 0.1) is 5.92 Å². The Hall–Kier alpha value is -1.36. The van der Waals surface area contributed by atoms with Crippen molar-refractivity contribution in [3.8, 4) is 0 Å². The van der Waals surface area contributed by atoms with Crippen molar-refractivity contribution in [1.82, 2.24) is 15.5 Å². The molecule has 1 aliphatic heterocycles. The molecule has 3 N–H and O–H groups in total. The number of hydrogen-bond donors (Lipinski definition) is 3. The lowest BCUT2D eigenvalue weighted by Gasteiger charge is -2.21. The molecular weight excluding hydrogens is 240 g/mol. The highest BCUT2D eigenvalue weighted by molar-refractivity contribution is 5.91. The second kappa shape index (κ2) is 5.74. The lowest BCUT2D eigenvalue weighted by atomic mass is 9.91. The Morgan fingerprint density at radius 1 is 1.53 bits per heavy atom. The average Bonchev–Trinajstić information content (AvgIpc) is 2.75. The number of anilines is 1. The van der Waals surface area contributed by atoms with Crippen LogP contribution in [-0.4, -0.2) is 29.2 Å². The van der Waals surface area contributed by atoms with Crippen molar-refractivity contribution in [2.75, 3.05) is 18.4 Å². The second-order valence-corrected chi connectivity index (χ2v) is 6.55. The van der Waals surface area contributed by atoms with Crippen LogP contribution < -0.4 is 10.6 Å². The molecule has 1 amide bonds. The van der Waals surface area contributed by atoms with E-state index < -0.39 is 0 Å². The molecule has 1 unspecified atom stereocenters. The van der Waals surface area contributed by atoms with Crippen molar-refractivity contribution in [1.29, 1.82) is 0 Å². The minimum atomic E-state index is 0.0662. The molecule has 5 nitrogen and oxygen atoms in total. The van der Waals surface area contributed by atoms with Gasteiger partial charge in [0, 0.05) is 18.3 Å². The van der Waals surface area contributed by atoms with Crippen molar-refractivity contribution in [3.63, 3.8) is 0 Å². The second-order valence-electron chi connectivity index (χ2n) is 6.55. The minimum Gasteiger partial charge on any atom is -0.316 e. The van der Waals surface area contributed by atoms with E-state index in [1.54, 1.807) is 0 Å². The van der Waals surface area contributed by atoms with Gasteiger partial charge in [0.2, 0.25) is 5.91 Å². The summed E-state index contributed by atoms with van der Waals surface area (Å²) in [7, 11) is 0. The largest absolute Gasteiger partial charge is 0.316 e. The first kappa shape index (κ1) is 14.1. The normalized spacial score (nSPS) is 20.3. The van der Waals surface area contributed by atoms with Crippen molar-refractivity contribution < 1.29 is 4.79 Å². The first-order chi connectivity index (χ1) is 8.94. The van der Waals surface area contributed by atoms with E-state index in [9.17, 15) is 4.79 Å². The topological polar surface area (TPSA) is 69.8 Å². The maximum Gasteiger partial charge on any atom is 0.229 e. The lowest BCUT2D eigenvalue weighted by molar-refractivity contribution is -0.120. The average molecular weight is 264 g/mol. The fraction of sp³-hybridized carbons (Fsp3) is 0.714. The van der Waals surface area contributed by atoms with Gasteiger partial charge in [-0.25, -0.2) is 0 Å². The molecule has 1 aromatic heterocycles.